The van der Waals surface area contributed by atoms with Gasteiger partial charge in [0.2, 0.25) is 0 Å². The van der Waals surface area contributed by atoms with Gasteiger partial charge in [-0.05, 0) is 0 Å². The Balaban J connectivity index is -0.000000320. The van der Waals surface area contributed by atoms with Gasteiger partial charge in [-0.3, -0.25) is 4.57 Å². The van der Waals surface area contributed by atoms with Crippen LogP contribution in [0.1, 0.15) is 0 Å². The number of quaternary nitrogens is 1. The quantitative estimate of drug-likeness (QED) is 0.229. The Morgan fingerprint density at radius 3 is 2.09 bits per heavy atom. The van der Waals surface area contributed by atoms with Crippen molar-refractivity contribution in [1.29, 1.82) is 0 Å². The molecule has 0 heterocycles. The van der Waals surface area contributed by atoms with Gasteiger partial charge in [0.25, 0.3) is 0 Å². The molecule has 0 saturated heterocycles. The van der Waals surface area contributed by atoms with Gasteiger partial charge < -0.3 is 9.01 Å². The van der Waals surface area contributed by atoms with E-state index >= 15 is 0 Å². The molecule has 0 aliphatic heterocycles. The molecule has 0 aliphatic rings. The Bertz CT molecular complexity index is 99.0. The Kier molecular flexibility index (Phi) is 15.8. The molecule has 3 nitrogen and oxygen atoms in total. The van der Waals surface area contributed by atoms with Gasteiger partial charge in [-0.25, -0.2) is 0 Å². The molecule has 0 radical (unpaired) electrons. The fourth-order valence-corrected chi connectivity index (χ4v) is 0.576. The monoisotopic (exact) mass is 211 g/mol. The molecule has 0 bridgehead atoms. The number of hydrogen-bond donors (Lipinski definition) is 0. The second-order valence-corrected chi connectivity index (χ2v) is 3.51. The van der Waals surface area contributed by atoms with E-state index in [1.165, 1.54) is 0 Å². The molecule has 0 N–H and O–H groups in total. The third-order valence-electron chi connectivity index (χ3n) is 0.948. The SMILES string of the molecule is C[N+](C)(C)CCO[PH2]=O.Cl.[Na+]. The molecule has 0 fully saturated rings. The number of likely N-dealkylation sites (N-methyl/N-ethyl adjacent to an activating group) is 1. The van der Waals surface area contributed by atoms with E-state index in [1.54, 1.807) is 0 Å². The maximum atomic E-state index is 9.87. The predicted molar refractivity (Wildman–Crippen MR) is 46.5 cm³/mol. The van der Waals surface area contributed by atoms with Crippen molar-refractivity contribution in [2.45, 2.75) is 0 Å². The molecule has 0 amide bonds. The first-order chi connectivity index (χ1) is 4.06. The summed E-state index contributed by atoms with van der Waals surface area (Å²) in [6.45, 7) is 1.51. The third-order valence-corrected chi connectivity index (χ3v) is 1.32. The zero-order valence-corrected chi connectivity index (χ0v) is 11.6. The molecule has 0 aromatic carbocycles. The standard InChI is InChI=1S/C5H15NO2P.ClH.Na/c1-6(2,3)4-5-8-9-7;;/h4-5,9H2,1-3H3;1H;/q+1;;+1. The molecule has 0 saturated carbocycles. The van der Waals surface area contributed by atoms with Crippen molar-refractivity contribution in [3.63, 3.8) is 0 Å². The van der Waals surface area contributed by atoms with E-state index in [1.807, 2.05) is 0 Å². The zero-order chi connectivity index (χ0) is 7.33. The van der Waals surface area contributed by atoms with E-state index in [0.717, 1.165) is 11.0 Å². The molecule has 64 valence electrons. The molecule has 0 aromatic heterocycles. The first-order valence-electron chi connectivity index (χ1n) is 2.92. The van der Waals surface area contributed by atoms with E-state index < -0.39 is 8.69 Å². The van der Waals surface area contributed by atoms with Crippen LogP contribution in [0.3, 0.4) is 0 Å². The topological polar surface area (TPSA) is 26.3 Å². The third kappa shape index (κ3) is 18.4. The molecule has 6 heteroatoms. The first kappa shape index (κ1) is 18.3. The van der Waals surface area contributed by atoms with Gasteiger partial charge >= 0.3 is 29.6 Å². The van der Waals surface area contributed by atoms with Crippen LogP contribution in [0, 0.1) is 0 Å². The molecule has 0 aromatic rings. The summed E-state index contributed by atoms with van der Waals surface area (Å²) in [4.78, 5) is 0. The molecule has 0 spiro atoms. The van der Waals surface area contributed by atoms with E-state index in [-0.39, 0.29) is 42.0 Å². The van der Waals surface area contributed by atoms with E-state index in [4.69, 9.17) is 4.52 Å². The van der Waals surface area contributed by atoms with E-state index in [9.17, 15) is 4.57 Å². The van der Waals surface area contributed by atoms with Gasteiger partial charge in [0.1, 0.15) is 13.2 Å². The van der Waals surface area contributed by atoms with Crippen molar-refractivity contribution in [2.75, 3.05) is 34.3 Å². The minimum atomic E-state index is -1.02. The van der Waals surface area contributed by atoms with Crippen LogP contribution < -0.4 is 29.6 Å². The molecule has 11 heavy (non-hydrogen) atoms. The minimum absolute atomic E-state index is 0. The van der Waals surface area contributed by atoms with Gasteiger partial charge in [-0.2, -0.15) is 0 Å². The van der Waals surface area contributed by atoms with Gasteiger partial charge in [0, 0.05) is 0 Å². The van der Waals surface area contributed by atoms with Gasteiger partial charge in [0.15, 0.2) is 8.69 Å². The van der Waals surface area contributed by atoms with Crippen molar-refractivity contribution in [1.82, 2.24) is 0 Å². The maximum absolute atomic E-state index is 9.87. The summed E-state index contributed by atoms with van der Waals surface area (Å²) in [6, 6.07) is 0. The summed E-state index contributed by atoms with van der Waals surface area (Å²) < 4.78 is 15.5. The molecule has 1 atom stereocenters. The van der Waals surface area contributed by atoms with E-state index in [0.29, 0.717) is 6.61 Å². The van der Waals surface area contributed by atoms with Crippen molar-refractivity contribution in [3.05, 3.63) is 0 Å². The van der Waals surface area contributed by atoms with Gasteiger partial charge in [0.05, 0.1) is 21.1 Å². The van der Waals surface area contributed by atoms with Crippen LogP contribution >= 0.6 is 21.1 Å². The Labute approximate surface area is 98.1 Å². The van der Waals surface area contributed by atoms with Crippen LogP contribution in [0.25, 0.3) is 0 Å². The summed E-state index contributed by atoms with van der Waals surface area (Å²) in [7, 11) is 5.20. The molecule has 0 rings (SSSR count). The second kappa shape index (κ2) is 9.53. The number of hydrogen-bond acceptors (Lipinski definition) is 2. The molecular weight excluding hydrogens is 195 g/mol. The smallest absolute Gasteiger partial charge is 0.329 e. The zero-order valence-electron chi connectivity index (χ0n) is 7.66. The summed E-state index contributed by atoms with van der Waals surface area (Å²) in [5.41, 5.74) is 0. The van der Waals surface area contributed by atoms with Crippen LogP contribution in [0.4, 0.5) is 0 Å². The van der Waals surface area contributed by atoms with Crippen molar-refractivity contribution < 1.29 is 43.1 Å². The fraction of sp³-hybridized carbons (Fsp3) is 1.00. The average molecular weight is 212 g/mol. The van der Waals surface area contributed by atoms with Crippen molar-refractivity contribution in [3.8, 4) is 0 Å². The largest absolute Gasteiger partial charge is 1.00 e. The van der Waals surface area contributed by atoms with Gasteiger partial charge in [-0.1, -0.05) is 0 Å². The van der Waals surface area contributed by atoms with Crippen LogP contribution in [-0.4, -0.2) is 38.8 Å². The molecular formula is C5H16ClNNaO2P+2. The minimum Gasteiger partial charge on any atom is -0.329 e. The Hall–Kier alpha value is 1.44. The van der Waals surface area contributed by atoms with Crippen LogP contribution in [-0.2, 0) is 9.09 Å². The number of nitrogens with zero attached hydrogens (tertiary/aromatic N) is 1. The number of rotatable bonds is 4. The summed E-state index contributed by atoms with van der Waals surface area (Å²) >= 11 is 0. The predicted octanol–water partition coefficient (Wildman–Crippen LogP) is -2.19. The van der Waals surface area contributed by atoms with Crippen LogP contribution in [0.5, 0.6) is 0 Å². The van der Waals surface area contributed by atoms with Crippen molar-refractivity contribution in [2.24, 2.45) is 0 Å². The van der Waals surface area contributed by atoms with Gasteiger partial charge in [-0.15, -0.1) is 12.4 Å². The average Bonchev–Trinajstić information content (AvgIpc) is 1.63. The summed E-state index contributed by atoms with van der Waals surface area (Å²) in [6.07, 6.45) is 0. The Morgan fingerprint density at radius 2 is 1.82 bits per heavy atom. The van der Waals surface area contributed by atoms with Crippen LogP contribution in [0.15, 0.2) is 0 Å². The van der Waals surface area contributed by atoms with Crippen molar-refractivity contribution >= 4 is 21.1 Å². The maximum Gasteiger partial charge on any atom is 1.00 e. The molecule has 1 unspecified atom stereocenters. The summed E-state index contributed by atoms with van der Waals surface area (Å²) in [5, 5.41) is 0. The second-order valence-electron chi connectivity index (χ2n) is 2.98. The summed E-state index contributed by atoms with van der Waals surface area (Å²) in [5.74, 6) is 0. The normalized spacial score (nSPS) is 10.8. The first-order valence-corrected chi connectivity index (χ1v) is 3.86. The van der Waals surface area contributed by atoms with Crippen LogP contribution in [0.2, 0.25) is 0 Å². The fourth-order valence-electron chi connectivity index (χ4n) is 0.375. The number of halogens is 1. The Morgan fingerprint density at radius 1 is 1.36 bits per heavy atom. The van der Waals surface area contributed by atoms with E-state index in [2.05, 4.69) is 21.1 Å². The molecule has 0 aliphatic carbocycles.